The molecule has 2 heterocycles. The maximum absolute atomic E-state index is 9.79. The van der Waals surface area contributed by atoms with E-state index in [0.29, 0.717) is 11.9 Å². The molecule has 0 bridgehead atoms. The van der Waals surface area contributed by atoms with Crippen LogP contribution in [0.1, 0.15) is 37.5 Å². The lowest BCUT2D eigenvalue weighted by Crippen LogP contribution is -2.21. The summed E-state index contributed by atoms with van der Waals surface area (Å²) in [6, 6.07) is 10.4. The fourth-order valence-electron chi connectivity index (χ4n) is 3.46. The number of rotatable bonds is 3. The zero-order valence-corrected chi connectivity index (χ0v) is 13.7. The van der Waals surface area contributed by atoms with Gasteiger partial charge in [-0.05, 0) is 32.6 Å². The molecule has 0 aliphatic heterocycles. The van der Waals surface area contributed by atoms with Crippen LogP contribution in [0.15, 0.2) is 47.3 Å². The predicted molar refractivity (Wildman–Crippen MR) is 91.4 cm³/mol. The van der Waals surface area contributed by atoms with Crippen molar-refractivity contribution in [3.8, 4) is 22.8 Å². The maximum atomic E-state index is 9.79. The Hall–Kier alpha value is -2.40. The number of aliphatic hydroxyl groups excluding tert-OH is 1. The average Bonchev–Trinajstić information content (AvgIpc) is 3.22. The first-order valence-corrected chi connectivity index (χ1v) is 8.45. The molecule has 1 aliphatic rings. The van der Waals surface area contributed by atoms with E-state index < -0.39 is 0 Å². The second kappa shape index (κ2) is 6.24. The van der Waals surface area contributed by atoms with Gasteiger partial charge >= 0.3 is 0 Å². The van der Waals surface area contributed by atoms with E-state index in [9.17, 15) is 5.11 Å². The van der Waals surface area contributed by atoms with Crippen LogP contribution in [0.5, 0.6) is 0 Å². The Bertz CT molecular complexity index is 814. The lowest BCUT2D eigenvalue weighted by molar-refractivity contribution is 0.111. The first-order valence-electron chi connectivity index (χ1n) is 8.45. The Kier molecular flexibility index (Phi) is 3.94. The number of oxazole rings is 1. The van der Waals surface area contributed by atoms with Crippen molar-refractivity contribution in [3.05, 3.63) is 48.6 Å². The summed E-state index contributed by atoms with van der Waals surface area (Å²) in [5.74, 6) is 1.39. The van der Waals surface area contributed by atoms with Gasteiger partial charge in [0.05, 0.1) is 18.6 Å². The van der Waals surface area contributed by atoms with Crippen LogP contribution in [0, 0.1) is 6.92 Å². The molecule has 124 valence electrons. The molecular weight excluding hydrogens is 302 g/mol. The highest BCUT2D eigenvalue weighted by Crippen LogP contribution is 2.37. The first kappa shape index (κ1) is 15.1. The smallest absolute Gasteiger partial charge is 0.245 e. The molecule has 5 heteroatoms. The van der Waals surface area contributed by atoms with Crippen LogP contribution >= 0.6 is 0 Å². The second-order valence-electron chi connectivity index (χ2n) is 6.45. The van der Waals surface area contributed by atoms with E-state index in [1.807, 2.05) is 31.5 Å². The number of aromatic nitrogens is 3. The van der Waals surface area contributed by atoms with Crippen LogP contribution in [0.3, 0.4) is 0 Å². The molecule has 1 aromatic carbocycles. The highest BCUT2D eigenvalue weighted by atomic mass is 16.4. The monoisotopic (exact) mass is 323 g/mol. The minimum atomic E-state index is -0.175. The molecule has 24 heavy (non-hydrogen) atoms. The minimum Gasteiger partial charge on any atom is -0.440 e. The number of hydrogen-bond donors (Lipinski definition) is 1. The molecule has 4 rings (SSSR count). The molecule has 3 aromatic rings. The standard InChI is InChI=1S/C19H21N3O2/c1-13-11-20-19(24-13)18-17(14-5-3-2-4-6-14)21-12-22(18)15-7-9-16(23)10-8-15/h2-6,11-12,15-16,23H,7-10H2,1H3. The summed E-state index contributed by atoms with van der Waals surface area (Å²) in [6.07, 6.45) is 7.00. The van der Waals surface area contributed by atoms with Gasteiger partial charge in [0, 0.05) is 11.6 Å². The summed E-state index contributed by atoms with van der Waals surface area (Å²) in [4.78, 5) is 9.10. The number of nitrogens with zero attached hydrogens (tertiary/aromatic N) is 3. The summed E-state index contributed by atoms with van der Waals surface area (Å²) in [7, 11) is 0. The van der Waals surface area contributed by atoms with E-state index in [4.69, 9.17) is 4.42 Å². The van der Waals surface area contributed by atoms with E-state index >= 15 is 0 Å². The third-order valence-electron chi connectivity index (χ3n) is 4.72. The zero-order chi connectivity index (χ0) is 16.5. The fourth-order valence-corrected chi connectivity index (χ4v) is 3.46. The van der Waals surface area contributed by atoms with Crippen LogP contribution in [0.2, 0.25) is 0 Å². The van der Waals surface area contributed by atoms with Crippen LogP contribution in [-0.4, -0.2) is 25.7 Å². The molecule has 2 aromatic heterocycles. The molecule has 0 atom stereocenters. The summed E-state index contributed by atoms with van der Waals surface area (Å²) in [6.45, 7) is 1.90. The van der Waals surface area contributed by atoms with Crippen LogP contribution in [0.4, 0.5) is 0 Å². The SMILES string of the molecule is Cc1cnc(-c2c(-c3ccccc3)ncn2C2CCC(O)CC2)o1. The molecule has 1 fully saturated rings. The largest absolute Gasteiger partial charge is 0.440 e. The zero-order valence-electron chi connectivity index (χ0n) is 13.7. The Balaban J connectivity index is 1.81. The third-order valence-corrected chi connectivity index (χ3v) is 4.72. The number of hydrogen-bond acceptors (Lipinski definition) is 4. The number of aryl methyl sites for hydroxylation is 1. The van der Waals surface area contributed by atoms with Gasteiger partial charge in [0.2, 0.25) is 5.89 Å². The fraction of sp³-hybridized carbons (Fsp3) is 0.368. The topological polar surface area (TPSA) is 64.1 Å². The van der Waals surface area contributed by atoms with E-state index in [-0.39, 0.29) is 6.10 Å². The first-order chi connectivity index (χ1) is 11.7. The molecule has 0 unspecified atom stereocenters. The van der Waals surface area contributed by atoms with Gasteiger partial charge < -0.3 is 14.1 Å². The van der Waals surface area contributed by atoms with E-state index in [1.165, 1.54) is 0 Å². The van der Waals surface area contributed by atoms with Gasteiger partial charge in [-0.1, -0.05) is 30.3 Å². The molecule has 0 saturated heterocycles. The van der Waals surface area contributed by atoms with Crippen molar-refractivity contribution in [2.75, 3.05) is 0 Å². The van der Waals surface area contributed by atoms with Crippen molar-refractivity contribution in [1.82, 2.24) is 14.5 Å². The van der Waals surface area contributed by atoms with Gasteiger partial charge in [-0.25, -0.2) is 9.97 Å². The molecule has 1 N–H and O–H groups in total. The van der Waals surface area contributed by atoms with Crippen molar-refractivity contribution in [1.29, 1.82) is 0 Å². The Morgan fingerprint density at radius 3 is 2.50 bits per heavy atom. The molecule has 1 aliphatic carbocycles. The van der Waals surface area contributed by atoms with Crippen molar-refractivity contribution >= 4 is 0 Å². The lowest BCUT2D eigenvalue weighted by Gasteiger charge is -2.27. The Morgan fingerprint density at radius 2 is 1.83 bits per heavy atom. The van der Waals surface area contributed by atoms with Crippen LogP contribution in [-0.2, 0) is 0 Å². The molecule has 5 nitrogen and oxygen atoms in total. The average molecular weight is 323 g/mol. The van der Waals surface area contributed by atoms with E-state index in [1.54, 1.807) is 6.20 Å². The third kappa shape index (κ3) is 2.76. The highest BCUT2D eigenvalue weighted by molar-refractivity contribution is 5.74. The Morgan fingerprint density at radius 1 is 1.08 bits per heavy atom. The van der Waals surface area contributed by atoms with Crippen molar-refractivity contribution in [3.63, 3.8) is 0 Å². The number of imidazole rings is 1. The number of benzene rings is 1. The highest BCUT2D eigenvalue weighted by Gasteiger charge is 2.27. The quantitative estimate of drug-likeness (QED) is 0.791. The van der Waals surface area contributed by atoms with E-state index in [0.717, 1.165) is 48.4 Å². The summed E-state index contributed by atoms with van der Waals surface area (Å²) >= 11 is 0. The predicted octanol–water partition coefficient (Wildman–Crippen LogP) is 3.99. The van der Waals surface area contributed by atoms with Gasteiger partial charge in [-0.3, -0.25) is 0 Å². The minimum absolute atomic E-state index is 0.175. The Labute approximate surface area is 141 Å². The van der Waals surface area contributed by atoms with Gasteiger partial charge in [-0.15, -0.1) is 0 Å². The summed E-state index contributed by atoms with van der Waals surface area (Å²) < 4.78 is 8.00. The maximum Gasteiger partial charge on any atom is 0.245 e. The van der Waals surface area contributed by atoms with Crippen molar-refractivity contribution in [2.24, 2.45) is 0 Å². The molecule has 0 spiro atoms. The molecule has 1 saturated carbocycles. The van der Waals surface area contributed by atoms with Gasteiger partial charge in [0.25, 0.3) is 0 Å². The van der Waals surface area contributed by atoms with Crippen LogP contribution in [0.25, 0.3) is 22.8 Å². The summed E-state index contributed by atoms with van der Waals surface area (Å²) in [5, 5.41) is 9.79. The normalized spacial score (nSPS) is 21.1. The molecule has 0 amide bonds. The van der Waals surface area contributed by atoms with Crippen molar-refractivity contribution in [2.45, 2.75) is 44.8 Å². The van der Waals surface area contributed by atoms with E-state index in [2.05, 4.69) is 26.7 Å². The summed E-state index contributed by atoms with van der Waals surface area (Å²) in [5.41, 5.74) is 2.87. The van der Waals surface area contributed by atoms with Gasteiger partial charge in [0.15, 0.2) is 0 Å². The molecular formula is C19H21N3O2. The van der Waals surface area contributed by atoms with Crippen LogP contribution < -0.4 is 0 Å². The van der Waals surface area contributed by atoms with Crippen molar-refractivity contribution < 1.29 is 9.52 Å². The number of aliphatic hydroxyl groups is 1. The molecule has 0 radical (unpaired) electrons. The van der Waals surface area contributed by atoms with Gasteiger partial charge in [-0.2, -0.15) is 0 Å². The lowest BCUT2D eigenvalue weighted by atomic mass is 9.92. The second-order valence-corrected chi connectivity index (χ2v) is 6.45. The van der Waals surface area contributed by atoms with Gasteiger partial charge in [0.1, 0.15) is 17.1 Å².